The van der Waals surface area contributed by atoms with Crippen molar-refractivity contribution in [2.24, 2.45) is 0 Å². The Morgan fingerprint density at radius 1 is 1.03 bits per heavy atom. The molecule has 3 rings (SSSR count). The Hall–Kier alpha value is -3.43. The minimum Gasteiger partial charge on any atom is -0.480 e. The summed E-state index contributed by atoms with van der Waals surface area (Å²) in [6.45, 7) is 0.0897. The number of carboxylic acid groups (broad SMARTS) is 1. The normalized spacial score (nSPS) is 13.2. The monoisotopic (exact) mass is 469 g/mol. The molecule has 0 aromatic heterocycles. The molecule has 0 saturated heterocycles. The van der Waals surface area contributed by atoms with E-state index in [0.29, 0.717) is 0 Å². The molecule has 1 atom stereocenters. The largest absolute Gasteiger partial charge is 0.480 e. The second kappa shape index (κ2) is 11.6. The second-order valence-corrected chi connectivity index (χ2v) is 8.43. The van der Waals surface area contributed by atoms with E-state index < -0.39 is 30.6 Å². The molecule has 2 aromatic rings. The molecule has 2 amide bonds. The number of alkyl carbamates (subject to hydrolysis) is 1. The van der Waals surface area contributed by atoms with Gasteiger partial charge in [-0.15, -0.1) is 0 Å². The quantitative estimate of drug-likeness (QED) is 0.518. The summed E-state index contributed by atoms with van der Waals surface area (Å²) in [4.78, 5) is 39.9. The highest BCUT2D eigenvalue weighted by Gasteiger charge is 2.31. The van der Waals surface area contributed by atoms with Crippen LogP contribution in [0.5, 0.6) is 0 Å². The van der Waals surface area contributed by atoms with Gasteiger partial charge in [0.25, 0.3) is 0 Å². The Morgan fingerprint density at radius 3 is 2.15 bits per heavy atom. The summed E-state index contributed by atoms with van der Waals surface area (Å²) in [5.74, 6) is -1.76. The number of aliphatic carboxylic acids is 1. The molecular formula is C25H31N3O6. The topological polar surface area (TPSA) is 108 Å². The van der Waals surface area contributed by atoms with Crippen LogP contribution in [0.15, 0.2) is 48.5 Å². The van der Waals surface area contributed by atoms with E-state index >= 15 is 0 Å². The fourth-order valence-corrected chi connectivity index (χ4v) is 4.19. The lowest BCUT2D eigenvalue weighted by atomic mass is 9.98. The molecular weight excluding hydrogens is 438 g/mol. The fraction of sp³-hybridized carbons (Fsp3) is 0.400. The van der Waals surface area contributed by atoms with Crippen LogP contribution in [-0.2, 0) is 19.1 Å². The predicted molar refractivity (Wildman–Crippen MR) is 127 cm³/mol. The third-order valence-electron chi connectivity index (χ3n) is 5.68. The molecule has 0 spiro atoms. The van der Waals surface area contributed by atoms with Crippen molar-refractivity contribution in [2.75, 3.05) is 54.1 Å². The summed E-state index contributed by atoms with van der Waals surface area (Å²) in [7, 11) is 4.99. The molecule has 1 aliphatic rings. The van der Waals surface area contributed by atoms with Crippen LogP contribution in [0.2, 0.25) is 0 Å². The number of rotatable bonds is 11. The van der Waals surface area contributed by atoms with E-state index in [1.807, 2.05) is 36.4 Å². The maximum Gasteiger partial charge on any atom is 0.407 e. The van der Waals surface area contributed by atoms with Gasteiger partial charge in [0.05, 0.1) is 6.61 Å². The van der Waals surface area contributed by atoms with Crippen LogP contribution in [0.1, 0.15) is 17.0 Å². The van der Waals surface area contributed by atoms with Crippen LogP contribution in [0, 0.1) is 0 Å². The van der Waals surface area contributed by atoms with Crippen molar-refractivity contribution in [3.63, 3.8) is 0 Å². The number of nitrogens with zero attached hydrogens (tertiary/aromatic N) is 2. The number of carbonyl (C=O) groups excluding carboxylic acids is 2. The highest BCUT2D eigenvalue weighted by atomic mass is 16.5. The fourth-order valence-electron chi connectivity index (χ4n) is 4.19. The Kier molecular flexibility index (Phi) is 8.61. The molecule has 0 unspecified atom stereocenters. The van der Waals surface area contributed by atoms with Gasteiger partial charge in [0.1, 0.15) is 19.2 Å². The Balaban J connectivity index is 1.69. The minimum atomic E-state index is -1.14. The summed E-state index contributed by atoms with van der Waals surface area (Å²) in [5, 5.41) is 11.8. The van der Waals surface area contributed by atoms with E-state index in [4.69, 9.17) is 9.47 Å². The van der Waals surface area contributed by atoms with Gasteiger partial charge in [0, 0.05) is 26.1 Å². The summed E-state index contributed by atoms with van der Waals surface area (Å²) in [5.41, 5.74) is 4.42. The number of ether oxygens (including phenoxy) is 2. The first-order chi connectivity index (χ1) is 16.3. The summed E-state index contributed by atoms with van der Waals surface area (Å²) in [6.07, 6.45) is -0.732. The molecule has 1 aliphatic carbocycles. The highest BCUT2D eigenvalue weighted by molar-refractivity contribution is 5.88. The lowest BCUT2D eigenvalue weighted by Crippen LogP contribution is -2.54. The van der Waals surface area contributed by atoms with Crippen molar-refractivity contribution in [3.8, 4) is 11.1 Å². The van der Waals surface area contributed by atoms with Crippen molar-refractivity contribution < 1.29 is 29.0 Å². The average molecular weight is 470 g/mol. The van der Waals surface area contributed by atoms with Gasteiger partial charge in [-0.25, -0.2) is 4.79 Å². The van der Waals surface area contributed by atoms with Gasteiger partial charge < -0.3 is 29.7 Å². The van der Waals surface area contributed by atoms with Crippen molar-refractivity contribution in [1.29, 1.82) is 0 Å². The van der Waals surface area contributed by atoms with Gasteiger partial charge in [0.15, 0.2) is 0 Å². The maximum absolute atomic E-state index is 13.1. The van der Waals surface area contributed by atoms with Crippen molar-refractivity contribution >= 4 is 18.0 Å². The molecule has 0 fully saturated rings. The lowest BCUT2D eigenvalue weighted by Gasteiger charge is -2.28. The number of methoxy groups -OCH3 is 1. The lowest BCUT2D eigenvalue weighted by molar-refractivity contribution is -0.145. The number of likely N-dealkylation sites (N-methyl/N-ethyl adjacent to an activating group) is 1. The van der Waals surface area contributed by atoms with E-state index in [0.717, 1.165) is 27.2 Å². The molecule has 34 heavy (non-hydrogen) atoms. The van der Waals surface area contributed by atoms with E-state index in [2.05, 4.69) is 17.4 Å². The Morgan fingerprint density at radius 2 is 1.62 bits per heavy atom. The molecule has 0 bridgehead atoms. The molecule has 2 N–H and O–H groups in total. The van der Waals surface area contributed by atoms with Crippen LogP contribution in [0.25, 0.3) is 11.1 Å². The van der Waals surface area contributed by atoms with E-state index in [1.165, 1.54) is 7.11 Å². The molecule has 9 heteroatoms. The predicted octanol–water partition coefficient (Wildman–Crippen LogP) is 2.01. The summed E-state index contributed by atoms with van der Waals surface area (Å²) in [6, 6.07) is 15.1. The Labute approximate surface area is 199 Å². The number of nitrogens with one attached hydrogen (secondary N) is 1. The third kappa shape index (κ3) is 6.12. The Bertz CT molecular complexity index is 980. The first-order valence-electron chi connectivity index (χ1n) is 11.1. The highest BCUT2D eigenvalue weighted by Crippen LogP contribution is 2.44. The van der Waals surface area contributed by atoms with Gasteiger partial charge in [-0.3, -0.25) is 9.59 Å². The summed E-state index contributed by atoms with van der Waals surface area (Å²) >= 11 is 0. The molecule has 0 heterocycles. The van der Waals surface area contributed by atoms with Gasteiger partial charge in [0.2, 0.25) is 5.91 Å². The SMILES string of the molecule is COCCN(CC(=O)O)C(=O)[C@H](CN(C)C)NC(=O)OCC1c2ccccc2-c2ccccc21. The zero-order valence-electron chi connectivity index (χ0n) is 19.7. The third-order valence-corrected chi connectivity index (χ3v) is 5.68. The van der Waals surface area contributed by atoms with Crippen LogP contribution in [0.3, 0.4) is 0 Å². The average Bonchev–Trinajstić information content (AvgIpc) is 3.13. The molecule has 182 valence electrons. The number of amides is 2. The zero-order valence-corrected chi connectivity index (χ0v) is 19.7. The van der Waals surface area contributed by atoms with Crippen molar-refractivity contribution in [3.05, 3.63) is 59.7 Å². The first kappa shape index (κ1) is 25.2. The van der Waals surface area contributed by atoms with Gasteiger partial charge in [-0.1, -0.05) is 48.5 Å². The molecule has 0 radical (unpaired) electrons. The smallest absolute Gasteiger partial charge is 0.407 e. The van der Waals surface area contributed by atoms with Crippen LogP contribution in [0.4, 0.5) is 4.79 Å². The minimum absolute atomic E-state index is 0.0952. The number of hydrogen-bond donors (Lipinski definition) is 2. The van der Waals surface area contributed by atoms with Crippen LogP contribution in [-0.4, -0.2) is 93.0 Å². The van der Waals surface area contributed by atoms with E-state index in [1.54, 1.807) is 19.0 Å². The number of carbonyl (C=O) groups is 3. The number of carboxylic acids is 1. The van der Waals surface area contributed by atoms with E-state index in [-0.39, 0.29) is 32.2 Å². The van der Waals surface area contributed by atoms with Gasteiger partial charge in [-0.05, 0) is 36.3 Å². The summed E-state index contributed by atoms with van der Waals surface area (Å²) < 4.78 is 10.6. The van der Waals surface area contributed by atoms with E-state index in [9.17, 15) is 19.5 Å². The number of hydrogen-bond acceptors (Lipinski definition) is 6. The number of fused-ring (bicyclic) bond motifs is 3. The molecule has 2 aromatic carbocycles. The second-order valence-electron chi connectivity index (χ2n) is 8.43. The van der Waals surface area contributed by atoms with Crippen LogP contribution >= 0.6 is 0 Å². The standard InChI is InChI=1S/C25H31N3O6/c1-27(2)14-22(24(31)28(12-13-33-3)15-23(29)30)26-25(32)34-16-21-19-10-6-4-8-17(19)18-9-5-7-11-20(18)21/h4-11,21-22H,12-16H2,1-3H3,(H,26,32)(H,29,30)/t22-/m0/s1. The first-order valence-corrected chi connectivity index (χ1v) is 11.1. The van der Waals surface area contributed by atoms with Crippen molar-refractivity contribution in [2.45, 2.75) is 12.0 Å². The molecule has 9 nitrogen and oxygen atoms in total. The van der Waals surface area contributed by atoms with Gasteiger partial charge >= 0.3 is 12.1 Å². The zero-order chi connectivity index (χ0) is 24.7. The van der Waals surface area contributed by atoms with Crippen LogP contribution < -0.4 is 5.32 Å². The van der Waals surface area contributed by atoms with Gasteiger partial charge in [-0.2, -0.15) is 0 Å². The molecule has 0 saturated carbocycles. The molecule has 0 aliphatic heterocycles. The number of benzene rings is 2. The maximum atomic E-state index is 13.1. The van der Waals surface area contributed by atoms with Crippen molar-refractivity contribution in [1.82, 2.24) is 15.1 Å².